The van der Waals surface area contributed by atoms with Crippen LogP contribution in [0.1, 0.15) is 10.5 Å². The number of nitrogens with zero attached hydrogens (tertiary/aromatic N) is 3. The molecule has 98 valence electrons. The smallest absolute Gasteiger partial charge is 0.325 e. The maximum atomic E-state index is 11.9. The van der Waals surface area contributed by atoms with Gasteiger partial charge in [0.15, 0.2) is 0 Å². The maximum Gasteiger partial charge on any atom is 0.325 e. The van der Waals surface area contributed by atoms with Crippen molar-refractivity contribution >= 4 is 33.6 Å². The van der Waals surface area contributed by atoms with Crippen molar-refractivity contribution < 1.29 is 14.7 Å². The minimum atomic E-state index is -1.07. The fourth-order valence-corrected chi connectivity index (χ4v) is 1.64. The first kappa shape index (κ1) is 13.2. The Morgan fingerprint density at radius 1 is 1.37 bits per heavy atom. The Labute approximate surface area is 116 Å². The van der Waals surface area contributed by atoms with Crippen molar-refractivity contribution in [1.82, 2.24) is 14.8 Å². The molecule has 2 N–H and O–H groups in total. The maximum absolute atomic E-state index is 11.9. The van der Waals surface area contributed by atoms with Crippen molar-refractivity contribution in [3.8, 4) is 0 Å². The Kier molecular flexibility index (Phi) is 3.91. The molecular weight excluding hydrogens is 316 g/mol. The van der Waals surface area contributed by atoms with E-state index in [2.05, 4.69) is 31.3 Å². The van der Waals surface area contributed by atoms with Crippen LogP contribution in [0.3, 0.4) is 0 Å². The Morgan fingerprint density at radius 2 is 2.16 bits per heavy atom. The second kappa shape index (κ2) is 5.61. The first-order valence-electron chi connectivity index (χ1n) is 5.23. The van der Waals surface area contributed by atoms with Gasteiger partial charge in [-0.3, -0.25) is 9.59 Å². The molecule has 0 aliphatic rings. The van der Waals surface area contributed by atoms with Crippen LogP contribution >= 0.6 is 15.9 Å². The number of pyridine rings is 1. The van der Waals surface area contributed by atoms with Gasteiger partial charge in [-0.15, -0.1) is 0 Å². The van der Waals surface area contributed by atoms with Gasteiger partial charge in [-0.1, -0.05) is 0 Å². The van der Waals surface area contributed by atoms with E-state index in [1.807, 2.05) is 0 Å². The third kappa shape index (κ3) is 3.38. The number of hydrogen-bond donors (Lipinski definition) is 2. The van der Waals surface area contributed by atoms with E-state index in [9.17, 15) is 9.59 Å². The minimum Gasteiger partial charge on any atom is -0.480 e. The van der Waals surface area contributed by atoms with Gasteiger partial charge in [0.25, 0.3) is 5.91 Å². The number of amides is 1. The van der Waals surface area contributed by atoms with Crippen molar-refractivity contribution in [1.29, 1.82) is 0 Å². The van der Waals surface area contributed by atoms with Gasteiger partial charge in [0, 0.05) is 16.9 Å². The lowest BCUT2D eigenvalue weighted by atomic mass is 10.3. The van der Waals surface area contributed by atoms with Crippen LogP contribution in [0.4, 0.5) is 5.82 Å². The van der Waals surface area contributed by atoms with Gasteiger partial charge in [-0.25, -0.2) is 9.67 Å². The molecule has 0 saturated heterocycles. The molecule has 2 rings (SSSR count). The zero-order valence-corrected chi connectivity index (χ0v) is 11.2. The molecule has 2 aromatic rings. The van der Waals surface area contributed by atoms with E-state index in [0.29, 0.717) is 5.82 Å². The van der Waals surface area contributed by atoms with E-state index >= 15 is 0 Å². The lowest BCUT2D eigenvalue weighted by Gasteiger charge is -2.06. The summed E-state index contributed by atoms with van der Waals surface area (Å²) in [5.41, 5.74) is 0.159. The van der Waals surface area contributed by atoms with Gasteiger partial charge in [-0.2, -0.15) is 5.10 Å². The Hall–Kier alpha value is -2.22. The van der Waals surface area contributed by atoms with E-state index in [4.69, 9.17) is 5.11 Å². The average molecular weight is 325 g/mol. The molecule has 1 amide bonds. The molecule has 0 unspecified atom stereocenters. The molecule has 0 radical (unpaired) electrons. The normalized spacial score (nSPS) is 10.2. The number of anilines is 1. The second-order valence-electron chi connectivity index (χ2n) is 3.58. The van der Waals surface area contributed by atoms with E-state index in [-0.39, 0.29) is 12.2 Å². The first-order valence-corrected chi connectivity index (χ1v) is 6.02. The molecule has 0 atom stereocenters. The van der Waals surface area contributed by atoms with Crippen molar-refractivity contribution in [2.45, 2.75) is 6.54 Å². The SMILES string of the molecule is O=C(O)Cn1nccc1C(=O)Nc1ccc(Br)cn1. The largest absolute Gasteiger partial charge is 0.480 e. The lowest BCUT2D eigenvalue weighted by molar-refractivity contribution is -0.137. The van der Waals surface area contributed by atoms with Crippen LogP contribution in [0.25, 0.3) is 0 Å². The summed E-state index contributed by atoms with van der Waals surface area (Å²) in [6.07, 6.45) is 2.91. The molecule has 0 bridgehead atoms. The van der Waals surface area contributed by atoms with Gasteiger partial charge in [-0.05, 0) is 34.1 Å². The Morgan fingerprint density at radius 3 is 2.79 bits per heavy atom. The number of carbonyl (C=O) groups excluding carboxylic acids is 1. The number of halogens is 1. The Balaban J connectivity index is 2.14. The standard InChI is InChI=1S/C11H9BrN4O3/c12-7-1-2-9(13-5-7)15-11(19)8-3-4-14-16(8)6-10(17)18/h1-5H,6H2,(H,17,18)(H,13,15,19). The number of carbonyl (C=O) groups is 2. The van der Waals surface area contributed by atoms with Crippen LogP contribution < -0.4 is 5.32 Å². The highest BCUT2D eigenvalue weighted by Crippen LogP contribution is 2.11. The highest BCUT2D eigenvalue weighted by molar-refractivity contribution is 9.10. The first-order chi connectivity index (χ1) is 9.06. The minimum absolute atomic E-state index is 0.159. The molecule has 8 heteroatoms. The fraction of sp³-hybridized carbons (Fsp3) is 0.0909. The number of rotatable bonds is 4. The van der Waals surface area contributed by atoms with Gasteiger partial charge in [0.2, 0.25) is 0 Å². The molecule has 0 aliphatic heterocycles. The number of nitrogens with one attached hydrogen (secondary N) is 1. The van der Waals surface area contributed by atoms with Crippen LogP contribution in [-0.4, -0.2) is 31.7 Å². The summed E-state index contributed by atoms with van der Waals surface area (Å²) in [4.78, 5) is 26.6. The molecular formula is C11H9BrN4O3. The summed E-state index contributed by atoms with van der Waals surface area (Å²) in [5, 5.41) is 15.0. The van der Waals surface area contributed by atoms with E-state index in [0.717, 1.165) is 9.15 Å². The number of carboxylic acids is 1. The molecule has 19 heavy (non-hydrogen) atoms. The summed E-state index contributed by atoms with van der Waals surface area (Å²) in [7, 11) is 0. The summed E-state index contributed by atoms with van der Waals surface area (Å²) in [5.74, 6) is -1.16. The van der Waals surface area contributed by atoms with Gasteiger partial charge >= 0.3 is 5.97 Å². The average Bonchev–Trinajstić information content (AvgIpc) is 2.79. The summed E-state index contributed by atoms with van der Waals surface area (Å²) in [6, 6.07) is 4.80. The van der Waals surface area contributed by atoms with Gasteiger partial charge in [0.05, 0.1) is 0 Å². The van der Waals surface area contributed by atoms with Crippen molar-refractivity contribution in [2.24, 2.45) is 0 Å². The molecule has 0 spiro atoms. The number of aromatic nitrogens is 3. The monoisotopic (exact) mass is 324 g/mol. The summed E-state index contributed by atoms with van der Waals surface area (Å²) < 4.78 is 1.90. The number of aliphatic carboxylic acids is 1. The molecule has 0 fully saturated rings. The summed E-state index contributed by atoms with van der Waals surface area (Å²) in [6.45, 7) is -0.372. The van der Waals surface area contributed by atoms with Gasteiger partial charge in [0.1, 0.15) is 18.1 Å². The van der Waals surface area contributed by atoms with Crippen LogP contribution in [0.2, 0.25) is 0 Å². The topological polar surface area (TPSA) is 97.1 Å². The predicted octanol–water partition coefficient (Wildman–Crippen LogP) is 1.38. The van der Waals surface area contributed by atoms with Crippen LogP contribution in [0.5, 0.6) is 0 Å². The van der Waals surface area contributed by atoms with Crippen molar-refractivity contribution in [3.05, 3.63) is 40.8 Å². The number of carboxylic acid groups (broad SMARTS) is 1. The zero-order chi connectivity index (χ0) is 13.8. The van der Waals surface area contributed by atoms with Gasteiger partial charge < -0.3 is 10.4 Å². The third-order valence-electron chi connectivity index (χ3n) is 2.20. The second-order valence-corrected chi connectivity index (χ2v) is 4.50. The molecule has 2 heterocycles. The molecule has 0 aromatic carbocycles. The van der Waals surface area contributed by atoms with Crippen LogP contribution in [0.15, 0.2) is 35.1 Å². The quantitative estimate of drug-likeness (QED) is 0.885. The molecule has 7 nitrogen and oxygen atoms in total. The van der Waals surface area contributed by atoms with Crippen molar-refractivity contribution in [3.63, 3.8) is 0 Å². The summed E-state index contributed by atoms with van der Waals surface area (Å²) >= 11 is 3.23. The molecule has 2 aromatic heterocycles. The van der Waals surface area contributed by atoms with E-state index in [1.54, 1.807) is 18.3 Å². The van der Waals surface area contributed by atoms with Crippen molar-refractivity contribution in [2.75, 3.05) is 5.32 Å². The lowest BCUT2D eigenvalue weighted by Crippen LogP contribution is -2.21. The predicted molar refractivity (Wildman–Crippen MR) is 69.8 cm³/mol. The fourth-order valence-electron chi connectivity index (χ4n) is 1.41. The molecule has 0 aliphatic carbocycles. The third-order valence-corrected chi connectivity index (χ3v) is 2.67. The highest BCUT2D eigenvalue weighted by Gasteiger charge is 2.14. The van der Waals surface area contributed by atoms with E-state index in [1.165, 1.54) is 12.3 Å². The van der Waals surface area contributed by atoms with E-state index < -0.39 is 11.9 Å². The highest BCUT2D eigenvalue weighted by atomic mass is 79.9. The number of hydrogen-bond acceptors (Lipinski definition) is 4. The van der Waals surface area contributed by atoms with Crippen LogP contribution in [-0.2, 0) is 11.3 Å². The van der Waals surface area contributed by atoms with Crippen LogP contribution in [0, 0.1) is 0 Å². The zero-order valence-electron chi connectivity index (χ0n) is 9.58. The molecule has 0 saturated carbocycles. The Bertz CT molecular complexity index is 609.